The highest BCUT2D eigenvalue weighted by atomic mass is 15.3. The summed E-state index contributed by atoms with van der Waals surface area (Å²) in [7, 11) is 3.65. The molecule has 0 amide bonds. The molecule has 6 heteroatoms. The van der Waals surface area contributed by atoms with Gasteiger partial charge in [0.05, 0.1) is 17.6 Å². The van der Waals surface area contributed by atoms with Gasteiger partial charge in [0.1, 0.15) is 0 Å². The third kappa shape index (κ3) is 2.78. The van der Waals surface area contributed by atoms with E-state index in [4.69, 9.17) is 5.73 Å². The molecule has 0 atom stereocenters. The summed E-state index contributed by atoms with van der Waals surface area (Å²) in [5, 5.41) is 8.28. The van der Waals surface area contributed by atoms with Gasteiger partial charge in [-0.15, -0.1) is 0 Å². The van der Waals surface area contributed by atoms with E-state index in [0.29, 0.717) is 0 Å². The van der Waals surface area contributed by atoms with Crippen LogP contribution in [0, 0.1) is 0 Å². The van der Waals surface area contributed by atoms with E-state index in [9.17, 15) is 0 Å². The maximum Gasteiger partial charge on any atom is 0.0910 e. The smallest absolute Gasteiger partial charge is 0.0910 e. The van der Waals surface area contributed by atoms with Crippen molar-refractivity contribution in [3.05, 3.63) is 60.2 Å². The molecule has 2 aromatic heterocycles. The number of nitrogens with zero attached hydrogens (tertiary/aromatic N) is 5. The van der Waals surface area contributed by atoms with Crippen LogP contribution in [0.5, 0.6) is 0 Å². The van der Waals surface area contributed by atoms with Crippen LogP contribution in [0.25, 0.3) is 11.1 Å². The molecule has 0 aliphatic rings. The molecule has 0 aliphatic carbocycles. The van der Waals surface area contributed by atoms with Crippen molar-refractivity contribution in [2.75, 3.05) is 12.8 Å². The molecule has 3 aromatic rings. The number of aliphatic imine (C=N–C) groups is 1. The molecule has 0 saturated heterocycles. The SMILES string of the molecule is C=Nn1cc(-c2cnn(C)c2)cc1/C(=N\C)c1ccc(N)cc1. The molecule has 0 spiro atoms. The summed E-state index contributed by atoms with van der Waals surface area (Å²) in [4.78, 5) is 4.43. The Morgan fingerprint density at radius 2 is 1.91 bits per heavy atom. The molecule has 0 saturated carbocycles. The highest BCUT2D eigenvalue weighted by Gasteiger charge is 2.15. The fourth-order valence-electron chi connectivity index (χ4n) is 2.51. The zero-order valence-corrected chi connectivity index (χ0v) is 13.1. The lowest BCUT2D eigenvalue weighted by atomic mass is 10.1. The van der Waals surface area contributed by atoms with E-state index in [2.05, 4.69) is 21.9 Å². The summed E-state index contributed by atoms with van der Waals surface area (Å²) in [6.07, 6.45) is 5.69. The number of rotatable bonds is 4. The van der Waals surface area contributed by atoms with E-state index in [1.54, 1.807) is 16.4 Å². The van der Waals surface area contributed by atoms with Crippen LogP contribution in [-0.2, 0) is 7.05 Å². The molecule has 1 aromatic carbocycles. The Hall–Kier alpha value is -3.15. The Balaban J connectivity index is 2.09. The number of nitrogen functional groups attached to an aromatic ring is 1. The number of benzene rings is 1. The predicted molar refractivity (Wildman–Crippen MR) is 94.0 cm³/mol. The third-order valence-electron chi connectivity index (χ3n) is 3.64. The van der Waals surface area contributed by atoms with Crippen molar-refractivity contribution in [3.8, 4) is 11.1 Å². The summed E-state index contributed by atoms with van der Waals surface area (Å²) >= 11 is 0. The Morgan fingerprint density at radius 3 is 2.48 bits per heavy atom. The minimum Gasteiger partial charge on any atom is -0.399 e. The van der Waals surface area contributed by atoms with Gasteiger partial charge in [-0.3, -0.25) is 9.67 Å². The lowest BCUT2D eigenvalue weighted by molar-refractivity contribution is 0.768. The molecule has 0 aliphatic heterocycles. The minimum atomic E-state index is 0.720. The largest absolute Gasteiger partial charge is 0.399 e. The predicted octanol–water partition coefficient (Wildman–Crippen LogP) is 2.40. The van der Waals surface area contributed by atoms with Gasteiger partial charge in [0.15, 0.2) is 0 Å². The van der Waals surface area contributed by atoms with Crippen LogP contribution in [-0.4, -0.2) is 33.9 Å². The van der Waals surface area contributed by atoms with Gasteiger partial charge >= 0.3 is 0 Å². The van der Waals surface area contributed by atoms with Gasteiger partial charge < -0.3 is 5.73 Å². The van der Waals surface area contributed by atoms with E-state index in [0.717, 1.165) is 33.8 Å². The van der Waals surface area contributed by atoms with Crippen LogP contribution < -0.4 is 5.73 Å². The molecule has 0 fully saturated rings. The summed E-state index contributed by atoms with van der Waals surface area (Å²) < 4.78 is 3.49. The first-order valence-corrected chi connectivity index (χ1v) is 7.14. The van der Waals surface area contributed by atoms with E-state index >= 15 is 0 Å². The molecule has 2 N–H and O–H groups in total. The second-order valence-corrected chi connectivity index (χ2v) is 5.20. The minimum absolute atomic E-state index is 0.720. The third-order valence-corrected chi connectivity index (χ3v) is 3.64. The van der Waals surface area contributed by atoms with Gasteiger partial charge in [-0.05, 0) is 18.2 Å². The molecule has 2 heterocycles. The van der Waals surface area contributed by atoms with Crippen molar-refractivity contribution in [2.45, 2.75) is 0 Å². The van der Waals surface area contributed by atoms with Gasteiger partial charge in [-0.2, -0.15) is 10.2 Å². The topological polar surface area (TPSA) is 73.5 Å². The van der Waals surface area contributed by atoms with Crippen molar-refractivity contribution in [3.63, 3.8) is 0 Å². The van der Waals surface area contributed by atoms with Crippen molar-refractivity contribution >= 4 is 18.1 Å². The van der Waals surface area contributed by atoms with Crippen LogP contribution in [0.2, 0.25) is 0 Å². The molecule has 3 rings (SSSR count). The van der Waals surface area contributed by atoms with Crippen molar-refractivity contribution in [1.29, 1.82) is 0 Å². The van der Waals surface area contributed by atoms with Crippen LogP contribution in [0.4, 0.5) is 5.69 Å². The number of hydrogen-bond donors (Lipinski definition) is 1. The van der Waals surface area contributed by atoms with E-state index in [-0.39, 0.29) is 0 Å². The van der Waals surface area contributed by atoms with Gasteiger partial charge in [0.2, 0.25) is 0 Å². The fraction of sp³-hybridized carbons (Fsp3) is 0.118. The van der Waals surface area contributed by atoms with Gasteiger partial charge in [-0.25, -0.2) is 4.68 Å². The summed E-state index contributed by atoms with van der Waals surface area (Å²) in [5.74, 6) is 0. The Bertz CT molecular complexity index is 867. The maximum atomic E-state index is 5.76. The van der Waals surface area contributed by atoms with Crippen molar-refractivity contribution in [1.82, 2.24) is 14.5 Å². The zero-order chi connectivity index (χ0) is 16.4. The first-order valence-electron chi connectivity index (χ1n) is 7.14. The second-order valence-electron chi connectivity index (χ2n) is 5.20. The monoisotopic (exact) mass is 306 g/mol. The first-order chi connectivity index (χ1) is 11.1. The number of anilines is 1. The molecule has 116 valence electrons. The lowest BCUT2D eigenvalue weighted by Crippen LogP contribution is -2.08. The standard InChI is InChI=1S/C17H18N6/c1-19-17(12-4-6-15(18)7-5-12)16-8-13(11-23(16)20-2)14-9-21-22(3)10-14/h4-11H,2,18H2,1,3H3/b19-17-. The second kappa shape index (κ2) is 5.92. The number of nitrogens with two attached hydrogens (primary N) is 1. The molecule has 0 unspecified atom stereocenters. The normalized spacial score (nSPS) is 11.7. The van der Waals surface area contributed by atoms with Crippen LogP contribution in [0.15, 0.2) is 59.0 Å². The summed E-state index contributed by atoms with van der Waals surface area (Å²) in [6.45, 7) is 3.65. The summed E-state index contributed by atoms with van der Waals surface area (Å²) in [6, 6.07) is 9.64. The first kappa shape index (κ1) is 14.8. The fourth-order valence-corrected chi connectivity index (χ4v) is 2.51. The Morgan fingerprint density at radius 1 is 1.17 bits per heavy atom. The van der Waals surface area contributed by atoms with Crippen molar-refractivity contribution in [2.24, 2.45) is 17.1 Å². The van der Waals surface area contributed by atoms with Gasteiger partial charge in [0, 0.05) is 55.6 Å². The lowest BCUT2D eigenvalue weighted by Gasteiger charge is -2.07. The van der Waals surface area contributed by atoms with E-state index in [1.807, 2.05) is 56.0 Å². The quantitative estimate of drug-likeness (QED) is 0.594. The number of aromatic nitrogens is 3. The average Bonchev–Trinajstić information content (AvgIpc) is 3.16. The van der Waals surface area contributed by atoms with Crippen LogP contribution >= 0.6 is 0 Å². The molecular weight excluding hydrogens is 288 g/mol. The Kier molecular flexibility index (Phi) is 3.80. The highest BCUT2D eigenvalue weighted by Crippen LogP contribution is 2.24. The average molecular weight is 306 g/mol. The van der Waals surface area contributed by atoms with Crippen molar-refractivity contribution < 1.29 is 0 Å². The molecule has 0 radical (unpaired) electrons. The van der Waals surface area contributed by atoms with Gasteiger partial charge in [0.25, 0.3) is 0 Å². The van der Waals surface area contributed by atoms with Crippen LogP contribution in [0.3, 0.4) is 0 Å². The maximum absolute atomic E-state index is 5.76. The van der Waals surface area contributed by atoms with Gasteiger partial charge in [-0.1, -0.05) is 12.1 Å². The zero-order valence-electron chi connectivity index (χ0n) is 13.1. The number of aryl methyl sites for hydroxylation is 1. The van der Waals surface area contributed by atoms with E-state index in [1.165, 1.54) is 0 Å². The van der Waals surface area contributed by atoms with E-state index < -0.39 is 0 Å². The highest BCUT2D eigenvalue weighted by molar-refractivity contribution is 6.12. The molecule has 6 nitrogen and oxygen atoms in total. The number of hydrogen-bond acceptors (Lipinski definition) is 4. The molecule has 0 bridgehead atoms. The molecular formula is C17H18N6. The molecule has 23 heavy (non-hydrogen) atoms. The van der Waals surface area contributed by atoms with Crippen LogP contribution in [0.1, 0.15) is 11.3 Å². The Labute approximate surface area is 134 Å². The summed E-state index contributed by atoms with van der Waals surface area (Å²) in [5.41, 5.74) is 11.2.